The van der Waals surface area contributed by atoms with Gasteiger partial charge in [-0.1, -0.05) is 3.89 Å². The van der Waals surface area contributed by atoms with E-state index in [1.54, 1.807) is 0 Å². The highest BCUT2D eigenvalue weighted by Crippen LogP contribution is 2.49. The average molecular weight is 190 g/mol. The van der Waals surface area contributed by atoms with Crippen LogP contribution in [0.2, 0.25) is 0 Å². The normalized spacial score (nSPS) is 12.6. The fourth-order valence-corrected chi connectivity index (χ4v) is 1.20. The zero-order valence-electron chi connectivity index (χ0n) is 5.98. The lowest BCUT2D eigenvalue weighted by atomic mass is 10.2. The van der Waals surface area contributed by atoms with Crippen LogP contribution < -0.4 is 0 Å². The Kier molecular flexibility index (Phi) is 2.46. The molecule has 12 heavy (non-hydrogen) atoms. The minimum atomic E-state index is -4.14. The molecule has 66 valence electrons. The van der Waals surface area contributed by atoms with Crippen molar-refractivity contribution in [2.24, 2.45) is 0 Å². The number of halogens is 1. The van der Waals surface area contributed by atoms with E-state index in [9.17, 15) is 8.68 Å². The molecule has 0 bridgehead atoms. The van der Waals surface area contributed by atoms with E-state index in [1.807, 2.05) is 0 Å². The zero-order chi connectivity index (χ0) is 9.19. The van der Waals surface area contributed by atoms with Crippen LogP contribution in [0.3, 0.4) is 0 Å². The summed E-state index contributed by atoms with van der Waals surface area (Å²) in [5.41, 5.74) is 0.363. The first kappa shape index (κ1) is 9.18. The van der Waals surface area contributed by atoms with Crippen LogP contribution in [0.4, 0.5) is 3.89 Å². The molecule has 0 saturated heterocycles. The minimum Gasteiger partial charge on any atom is -0.298 e. The molecule has 0 aliphatic carbocycles. The van der Waals surface area contributed by atoms with E-state index in [0.717, 1.165) is 0 Å². The van der Waals surface area contributed by atoms with Gasteiger partial charge in [-0.25, -0.2) is 0 Å². The third kappa shape index (κ3) is 2.04. The van der Waals surface area contributed by atoms with Gasteiger partial charge in [0.25, 0.3) is 0 Å². The molecule has 1 aromatic rings. The van der Waals surface area contributed by atoms with E-state index in [1.165, 1.54) is 24.3 Å². The highest BCUT2D eigenvalue weighted by Gasteiger charge is 2.12. The van der Waals surface area contributed by atoms with E-state index in [-0.39, 0.29) is 4.90 Å². The van der Waals surface area contributed by atoms with Gasteiger partial charge in [-0.05, 0) is 35.2 Å². The van der Waals surface area contributed by atoms with Gasteiger partial charge < -0.3 is 0 Å². The maximum atomic E-state index is 12.5. The second-order valence-corrected chi connectivity index (χ2v) is 3.60. The second kappa shape index (κ2) is 3.22. The molecule has 1 rings (SSSR count). The van der Waals surface area contributed by atoms with Crippen molar-refractivity contribution in [3.05, 3.63) is 29.8 Å². The van der Waals surface area contributed by atoms with Crippen LogP contribution in [0.1, 0.15) is 10.4 Å². The fourth-order valence-electron chi connectivity index (χ4n) is 0.720. The van der Waals surface area contributed by atoms with E-state index in [0.29, 0.717) is 11.8 Å². The maximum Gasteiger partial charge on any atom is 0.150 e. The van der Waals surface area contributed by atoms with Gasteiger partial charge in [0.1, 0.15) is 6.29 Å². The van der Waals surface area contributed by atoms with E-state index in [4.69, 9.17) is 9.11 Å². The molecule has 0 aliphatic rings. The first-order chi connectivity index (χ1) is 5.54. The van der Waals surface area contributed by atoms with E-state index < -0.39 is 11.0 Å². The van der Waals surface area contributed by atoms with Crippen LogP contribution >= 0.6 is 11.0 Å². The van der Waals surface area contributed by atoms with Crippen LogP contribution in [0, 0.1) is 0 Å². The van der Waals surface area contributed by atoms with Crippen LogP contribution in [-0.2, 0) is 0 Å². The van der Waals surface area contributed by atoms with Gasteiger partial charge >= 0.3 is 0 Å². The first-order valence-corrected chi connectivity index (χ1v) is 4.52. The Morgan fingerprint density at radius 2 is 1.75 bits per heavy atom. The molecule has 0 saturated carbocycles. The molecule has 1 aromatic carbocycles. The summed E-state index contributed by atoms with van der Waals surface area (Å²) in [5.74, 6) is 0. The highest BCUT2D eigenvalue weighted by atomic mass is 32.3. The molecule has 0 amide bonds. The third-order valence-corrected chi connectivity index (χ3v) is 2.19. The summed E-state index contributed by atoms with van der Waals surface area (Å²) < 4.78 is 29.5. The van der Waals surface area contributed by atoms with Gasteiger partial charge in [0, 0.05) is 5.56 Å². The number of rotatable bonds is 2. The SMILES string of the molecule is O=Cc1ccc(S(O)(O)F)cc1. The van der Waals surface area contributed by atoms with Crippen molar-refractivity contribution in [3.63, 3.8) is 0 Å². The van der Waals surface area contributed by atoms with E-state index in [2.05, 4.69) is 0 Å². The number of carbonyl (C=O) groups is 1. The van der Waals surface area contributed by atoms with Crippen LogP contribution in [0.15, 0.2) is 29.2 Å². The summed E-state index contributed by atoms with van der Waals surface area (Å²) in [6.07, 6.45) is 0.591. The summed E-state index contributed by atoms with van der Waals surface area (Å²) >= 11 is 0. The van der Waals surface area contributed by atoms with Crippen molar-refractivity contribution in [1.82, 2.24) is 0 Å². The molecule has 3 nitrogen and oxygen atoms in total. The summed E-state index contributed by atoms with van der Waals surface area (Å²) in [6, 6.07) is 4.96. The Bertz CT molecular complexity index is 278. The van der Waals surface area contributed by atoms with Crippen molar-refractivity contribution in [2.45, 2.75) is 4.90 Å². The van der Waals surface area contributed by atoms with Crippen molar-refractivity contribution < 1.29 is 17.8 Å². The van der Waals surface area contributed by atoms with Crippen molar-refractivity contribution >= 4 is 17.3 Å². The average Bonchev–Trinajstić information content (AvgIpc) is 2.03. The Hall–Kier alpha value is -0.910. The lowest BCUT2D eigenvalue weighted by Crippen LogP contribution is -1.90. The lowest BCUT2D eigenvalue weighted by molar-refractivity contribution is 0.112. The fraction of sp³-hybridized carbons (Fsp3) is 0. The molecular formula is C7H7FO3S. The Balaban J connectivity index is 3.00. The van der Waals surface area contributed by atoms with E-state index >= 15 is 0 Å². The monoisotopic (exact) mass is 190 g/mol. The molecular weight excluding hydrogens is 183 g/mol. The molecule has 2 N–H and O–H groups in total. The van der Waals surface area contributed by atoms with Crippen LogP contribution in [0.5, 0.6) is 0 Å². The van der Waals surface area contributed by atoms with Gasteiger partial charge in [-0.2, -0.15) is 0 Å². The smallest absolute Gasteiger partial charge is 0.150 e. The van der Waals surface area contributed by atoms with Crippen molar-refractivity contribution in [2.75, 3.05) is 0 Å². The second-order valence-electron chi connectivity index (χ2n) is 2.17. The molecule has 0 spiro atoms. The van der Waals surface area contributed by atoms with Gasteiger partial charge in [-0.15, -0.1) is 0 Å². The molecule has 0 fully saturated rings. The van der Waals surface area contributed by atoms with Gasteiger partial charge in [0.15, 0.2) is 0 Å². The summed E-state index contributed by atoms with van der Waals surface area (Å²) in [4.78, 5) is 9.94. The Morgan fingerprint density at radius 1 is 1.25 bits per heavy atom. The molecule has 0 atom stereocenters. The predicted octanol–water partition coefficient (Wildman–Crippen LogP) is 2.49. The molecule has 0 heterocycles. The molecule has 5 heteroatoms. The molecule has 0 aliphatic heterocycles. The Morgan fingerprint density at radius 3 is 2.08 bits per heavy atom. The highest BCUT2D eigenvalue weighted by molar-refractivity contribution is 8.19. The standard InChI is InChI=1S/C7H7FO3S/c8-12(10,11)7-3-1-6(5-9)2-4-7/h1-5,10-11H. The number of benzene rings is 1. The van der Waals surface area contributed by atoms with Crippen molar-refractivity contribution in [3.8, 4) is 0 Å². The first-order valence-electron chi connectivity index (χ1n) is 3.07. The summed E-state index contributed by atoms with van der Waals surface area (Å²) in [5, 5.41) is 0. The largest absolute Gasteiger partial charge is 0.298 e. The minimum absolute atomic E-state index is 0.215. The number of hydrogen-bond acceptors (Lipinski definition) is 3. The van der Waals surface area contributed by atoms with Crippen molar-refractivity contribution in [1.29, 1.82) is 0 Å². The number of carbonyl (C=O) groups excluding carboxylic acids is 1. The van der Waals surface area contributed by atoms with Crippen LogP contribution in [0.25, 0.3) is 0 Å². The third-order valence-electron chi connectivity index (χ3n) is 1.32. The summed E-state index contributed by atoms with van der Waals surface area (Å²) in [7, 11) is -4.14. The van der Waals surface area contributed by atoms with Gasteiger partial charge in [-0.3, -0.25) is 13.9 Å². The molecule has 0 aromatic heterocycles. The quantitative estimate of drug-likeness (QED) is 0.704. The predicted molar refractivity (Wildman–Crippen MR) is 44.1 cm³/mol. The van der Waals surface area contributed by atoms with Crippen LogP contribution in [-0.4, -0.2) is 15.4 Å². The maximum absolute atomic E-state index is 12.5. The lowest BCUT2D eigenvalue weighted by Gasteiger charge is -2.20. The number of aldehydes is 1. The summed E-state index contributed by atoms with van der Waals surface area (Å²) in [6.45, 7) is 0. The Labute approximate surface area is 70.5 Å². The zero-order valence-corrected chi connectivity index (χ0v) is 6.79. The topological polar surface area (TPSA) is 57.5 Å². The molecule has 0 unspecified atom stereocenters. The molecule has 0 radical (unpaired) electrons. The van der Waals surface area contributed by atoms with Gasteiger partial charge in [0.2, 0.25) is 0 Å². The number of hydrogen-bond donors (Lipinski definition) is 2. The van der Waals surface area contributed by atoms with Gasteiger partial charge in [0.05, 0.1) is 4.90 Å².